The second kappa shape index (κ2) is 10.1. The summed E-state index contributed by atoms with van der Waals surface area (Å²) in [5.74, 6) is 1.05. The van der Waals surface area contributed by atoms with Gasteiger partial charge in [-0.05, 0) is 59.9 Å². The zero-order valence-electron chi connectivity index (χ0n) is 20.2. The molecule has 1 aromatic heterocycles. The van der Waals surface area contributed by atoms with Gasteiger partial charge in [-0.1, -0.05) is 87.4 Å². The van der Waals surface area contributed by atoms with E-state index in [2.05, 4.69) is 109 Å². The molecule has 5 rings (SSSR count). The largest absolute Gasteiger partial charge is 0.354 e. The van der Waals surface area contributed by atoms with Gasteiger partial charge < -0.3 is 9.88 Å². The van der Waals surface area contributed by atoms with Crippen LogP contribution >= 0.6 is 0 Å². The van der Waals surface area contributed by atoms with Crippen molar-refractivity contribution in [3.8, 4) is 11.4 Å². The first kappa shape index (κ1) is 22.2. The summed E-state index contributed by atoms with van der Waals surface area (Å²) in [6.45, 7) is 5.46. The van der Waals surface area contributed by atoms with Crippen molar-refractivity contribution in [2.75, 3.05) is 5.32 Å². The maximum atomic E-state index is 5.19. The Morgan fingerprint density at radius 3 is 2.35 bits per heavy atom. The number of aromatic nitrogens is 2. The maximum Gasteiger partial charge on any atom is 0.141 e. The van der Waals surface area contributed by atoms with Crippen molar-refractivity contribution < 1.29 is 0 Å². The molecule has 0 bridgehead atoms. The lowest BCUT2D eigenvalue weighted by Gasteiger charge is -2.10. The number of hydrogen-bond acceptors (Lipinski definition) is 2. The molecule has 0 aliphatic carbocycles. The molecule has 0 spiro atoms. The lowest BCUT2D eigenvalue weighted by molar-refractivity contribution is 0.651. The number of rotatable bonds is 9. The van der Waals surface area contributed by atoms with Crippen LogP contribution in [0.15, 0.2) is 84.9 Å². The number of nitrogens with zero attached hydrogens (tertiary/aromatic N) is 2. The number of hydrogen-bond donors (Lipinski definition) is 1. The first-order valence-corrected chi connectivity index (χ1v) is 12.6. The van der Waals surface area contributed by atoms with Gasteiger partial charge in [0.2, 0.25) is 0 Å². The van der Waals surface area contributed by atoms with Crippen LogP contribution in [0.2, 0.25) is 0 Å². The maximum absolute atomic E-state index is 5.19. The highest BCUT2D eigenvalue weighted by atomic mass is 15.1. The molecular weight excluding hydrogens is 414 g/mol. The number of fused-ring (bicyclic) bond motifs is 2. The van der Waals surface area contributed by atoms with Crippen molar-refractivity contribution in [3.63, 3.8) is 0 Å². The molecule has 3 nitrogen and oxygen atoms in total. The minimum Gasteiger partial charge on any atom is -0.354 e. The summed E-state index contributed by atoms with van der Waals surface area (Å²) in [7, 11) is 0. The van der Waals surface area contributed by atoms with Crippen molar-refractivity contribution in [2.45, 2.75) is 52.5 Å². The smallest absolute Gasteiger partial charge is 0.141 e. The fraction of sp³-hybridized carbons (Fsp3) is 0.258. The predicted octanol–water partition coefficient (Wildman–Crippen LogP) is 8.74. The monoisotopic (exact) mass is 447 g/mol. The summed E-state index contributed by atoms with van der Waals surface area (Å²) in [4.78, 5) is 5.19. The summed E-state index contributed by atoms with van der Waals surface area (Å²) < 4.78 is 2.39. The molecule has 34 heavy (non-hydrogen) atoms. The number of aryl methyl sites for hydroxylation is 2. The topological polar surface area (TPSA) is 29.9 Å². The van der Waals surface area contributed by atoms with Crippen LogP contribution in [0.3, 0.4) is 0 Å². The first-order valence-electron chi connectivity index (χ1n) is 12.6. The number of para-hydroxylation sites is 1. The number of unbranched alkanes of at least 4 members (excludes halogenated alkanes) is 2. The Morgan fingerprint density at radius 1 is 0.765 bits per heavy atom. The molecule has 4 aromatic carbocycles. The van der Waals surface area contributed by atoms with E-state index < -0.39 is 0 Å². The van der Waals surface area contributed by atoms with Crippen molar-refractivity contribution in [3.05, 3.63) is 90.5 Å². The van der Waals surface area contributed by atoms with E-state index in [1.54, 1.807) is 0 Å². The molecule has 0 radical (unpaired) electrons. The van der Waals surface area contributed by atoms with Gasteiger partial charge in [-0.2, -0.15) is 0 Å². The third kappa shape index (κ3) is 4.56. The Kier molecular flexibility index (Phi) is 6.62. The molecule has 5 aromatic rings. The zero-order chi connectivity index (χ0) is 23.3. The number of anilines is 2. The van der Waals surface area contributed by atoms with Gasteiger partial charge in [0.1, 0.15) is 11.3 Å². The fourth-order valence-corrected chi connectivity index (χ4v) is 4.63. The van der Waals surface area contributed by atoms with Crippen LogP contribution in [0.4, 0.5) is 11.4 Å². The van der Waals surface area contributed by atoms with Crippen LogP contribution in [0, 0.1) is 0 Å². The summed E-state index contributed by atoms with van der Waals surface area (Å²) in [6, 6.07) is 30.5. The van der Waals surface area contributed by atoms with E-state index in [0.717, 1.165) is 48.5 Å². The van der Waals surface area contributed by atoms with Crippen LogP contribution < -0.4 is 5.32 Å². The van der Waals surface area contributed by atoms with Crippen LogP contribution in [-0.2, 0) is 13.0 Å². The van der Waals surface area contributed by atoms with E-state index >= 15 is 0 Å². The SMILES string of the molecule is CCCCc1ccc(-c2nc3c(Nc4ccc5ccccc5c4)cccc3n2CCCC)cc1. The zero-order valence-corrected chi connectivity index (χ0v) is 20.2. The van der Waals surface area contributed by atoms with Gasteiger partial charge in [-0.15, -0.1) is 0 Å². The second-order valence-electron chi connectivity index (χ2n) is 9.10. The van der Waals surface area contributed by atoms with E-state index in [9.17, 15) is 0 Å². The summed E-state index contributed by atoms with van der Waals surface area (Å²) in [5, 5.41) is 6.13. The van der Waals surface area contributed by atoms with E-state index in [4.69, 9.17) is 4.98 Å². The Morgan fingerprint density at radius 2 is 1.56 bits per heavy atom. The molecule has 3 heteroatoms. The molecule has 1 heterocycles. The Balaban J connectivity index is 1.54. The van der Waals surface area contributed by atoms with Crippen molar-refractivity contribution >= 4 is 33.2 Å². The Bertz CT molecular complexity index is 1400. The molecule has 0 amide bonds. The molecule has 0 aliphatic heterocycles. The Labute approximate surface area is 202 Å². The number of imidazole rings is 1. The second-order valence-corrected chi connectivity index (χ2v) is 9.10. The van der Waals surface area contributed by atoms with Gasteiger partial charge in [0, 0.05) is 17.8 Å². The van der Waals surface area contributed by atoms with Crippen LogP contribution in [0.1, 0.15) is 45.1 Å². The normalized spacial score (nSPS) is 11.4. The van der Waals surface area contributed by atoms with Crippen molar-refractivity contribution in [2.24, 2.45) is 0 Å². The average molecular weight is 448 g/mol. The molecule has 0 unspecified atom stereocenters. The van der Waals surface area contributed by atoms with E-state index in [1.807, 2.05) is 0 Å². The Hall–Kier alpha value is -3.59. The predicted molar refractivity (Wildman–Crippen MR) is 146 cm³/mol. The molecule has 0 atom stereocenters. The van der Waals surface area contributed by atoms with Gasteiger partial charge in [0.25, 0.3) is 0 Å². The average Bonchev–Trinajstić information content (AvgIpc) is 3.26. The van der Waals surface area contributed by atoms with Gasteiger partial charge in [0.05, 0.1) is 11.2 Å². The molecule has 0 saturated heterocycles. The highest BCUT2D eigenvalue weighted by Crippen LogP contribution is 2.32. The third-order valence-corrected chi connectivity index (χ3v) is 6.57. The van der Waals surface area contributed by atoms with Gasteiger partial charge in [0.15, 0.2) is 0 Å². The van der Waals surface area contributed by atoms with E-state index in [0.29, 0.717) is 0 Å². The molecule has 172 valence electrons. The van der Waals surface area contributed by atoms with Gasteiger partial charge >= 0.3 is 0 Å². The lowest BCUT2D eigenvalue weighted by Crippen LogP contribution is -2.00. The third-order valence-electron chi connectivity index (χ3n) is 6.57. The van der Waals surface area contributed by atoms with Crippen LogP contribution in [-0.4, -0.2) is 9.55 Å². The number of benzene rings is 4. The lowest BCUT2D eigenvalue weighted by atomic mass is 10.1. The minimum absolute atomic E-state index is 0.972. The van der Waals surface area contributed by atoms with Crippen LogP contribution in [0.25, 0.3) is 33.2 Å². The van der Waals surface area contributed by atoms with E-state index in [-0.39, 0.29) is 0 Å². The summed E-state index contributed by atoms with van der Waals surface area (Å²) in [6.07, 6.45) is 5.89. The molecule has 0 fully saturated rings. The molecule has 1 N–H and O–H groups in total. The standard InChI is InChI=1S/C31H33N3/c1-3-5-10-23-15-17-25(18-16-23)31-33-30-28(13-9-14-29(30)34(31)21-6-4-2)32-27-20-19-24-11-7-8-12-26(24)22-27/h7-9,11-20,22,32H,3-6,10,21H2,1-2H3. The first-order chi connectivity index (χ1) is 16.8. The highest BCUT2D eigenvalue weighted by molar-refractivity contribution is 5.94. The van der Waals surface area contributed by atoms with Crippen molar-refractivity contribution in [1.82, 2.24) is 9.55 Å². The highest BCUT2D eigenvalue weighted by Gasteiger charge is 2.15. The molecule has 0 saturated carbocycles. The summed E-state index contributed by atoms with van der Waals surface area (Å²) in [5.41, 5.74) is 6.92. The fourth-order valence-electron chi connectivity index (χ4n) is 4.63. The molecule has 0 aliphatic rings. The molecular formula is C31H33N3. The minimum atomic E-state index is 0.972. The number of nitrogens with one attached hydrogen (secondary N) is 1. The van der Waals surface area contributed by atoms with Gasteiger partial charge in [-0.25, -0.2) is 4.98 Å². The quantitative estimate of drug-likeness (QED) is 0.245. The van der Waals surface area contributed by atoms with Gasteiger partial charge in [-0.3, -0.25) is 0 Å². The van der Waals surface area contributed by atoms with Crippen molar-refractivity contribution in [1.29, 1.82) is 0 Å². The van der Waals surface area contributed by atoms with E-state index in [1.165, 1.54) is 40.3 Å². The van der Waals surface area contributed by atoms with Crippen LogP contribution in [0.5, 0.6) is 0 Å². The summed E-state index contributed by atoms with van der Waals surface area (Å²) >= 11 is 0.